The van der Waals surface area contributed by atoms with Crippen molar-refractivity contribution in [3.63, 3.8) is 0 Å². The first-order chi connectivity index (χ1) is 18.1. The van der Waals surface area contributed by atoms with E-state index in [9.17, 15) is 29.7 Å². The Kier molecular flexibility index (Phi) is 10.2. The van der Waals surface area contributed by atoms with Gasteiger partial charge in [0.1, 0.15) is 42.3 Å². The normalized spacial score (nSPS) is 25.6. The van der Waals surface area contributed by atoms with Crippen molar-refractivity contribution in [2.24, 2.45) is 0 Å². The Hall–Kier alpha value is -2.63. The van der Waals surface area contributed by atoms with Gasteiger partial charge in [-0.1, -0.05) is 39.0 Å². The molecule has 0 radical (unpaired) electrons. The minimum Gasteiger partial charge on any atom is -0.465 e. The molecule has 14 nitrogen and oxygen atoms in total. The largest absolute Gasteiger partial charge is 0.465 e. The van der Waals surface area contributed by atoms with Crippen molar-refractivity contribution >= 4 is 25.1 Å². The standard InChI is InChI=1S/C23H35N6O8P/c1-3-4-5-6-7-8-11-35-22(32)15(2)28-38(33,34)36-12-17-19(30)20(31)23(13-24,37-17)18-10-9-16-21(25)26-14-27-29(16)18/h9-10,14-15,17,19-20,30-31H,3-8,11-12H2,1-2H3,(H2,25,26,27)(H2,28,33,34)/t15-,17+,19+,20+,23-/m0/s1. The fourth-order valence-electron chi connectivity index (χ4n) is 4.24. The first-order valence-corrected chi connectivity index (χ1v) is 14.1. The Morgan fingerprint density at radius 1 is 1.34 bits per heavy atom. The van der Waals surface area contributed by atoms with Gasteiger partial charge in [0.05, 0.1) is 18.9 Å². The Balaban J connectivity index is 1.56. The molecular weight excluding hydrogens is 519 g/mol. The minimum atomic E-state index is -4.56. The number of aliphatic hydroxyl groups is 2. The maximum Gasteiger partial charge on any atom is 0.403 e. The van der Waals surface area contributed by atoms with E-state index in [1.807, 2.05) is 6.07 Å². The Morgan fingerprint density at radius 3 is 2.76 bits per heavy atom. The van der Waals surface area contributed by atoms with Gasteiger partial charge in [-0.3, -0.25) is 9.32 Å². The zero-order chi connectivity index (χ0) is 27.9. The van der Waals surface area contributed by atoms with Crippen LogP contribution in [0, 0.1) is 11.3 Å². The molecule has 2 aromatic heterocycles. The lowest BCUT2D eigenvalue weighted by molar-refractivity contribution is -0.145. The number of hydrogen-bond donors (Lipinski definition) is 5. The highest BCUT2D eigenvalue weighted by Gasteiger charge is 2.58. The topological polar surface area (TPSA) is 215 Å². The predicted octanol–water partition coefficient (Wildman–Crippen LogP) is 1.15. The summed E-state index contributed by atoms with van der Waals surface area (Å²) < 4.78 is 29.7. The van der Waals surface area contributed by atoms with Gasteiger partial charge in [0.15, 0.2) is 5.82 Å². The summed E-state index contributed by atoms with van der Waals surface area (Å²) in [4.78, 5) is 26.2. The first-order valence-electron chi connectivity index (χ1n) is 12.5. The summed E-state index contributed by atoms with van der Waals surface area (Å²) in [5, 5.41) is 37.5. The monoisotopic (exact) mass is 554 g/mol. The van der Waals surface area contributed by atoms with Crippen LogP contribution in [-0.2, 0) is 29.0 Å². The molecule has 38 heavy (non-hydrogen) atoms. The van der Waals surface area contributed by atoms with E-state index in [-0.39, 0.29) is 18.1 Å². The third kappa shape index (κ3) is 6.68. The molecule has 3 rings (SSSR count). The molecule has 1 saturated heterocycles. The number of esters is 1. The van der Waals surface area contributed by atoms with E-state index in [0.717, 1.165) is 32.0 Å². The van der Waals surface area contributed by atoms with Gasteiger partial charge in [0, 0.05) is 0 Å². The number of aliphatic hydroxyl groups excluding tert-OH is 2. The van der Waals surface area contributed by atoms with Gasteiger partial charge in [-0.25, -0.2) is 19.2 Å². The van der Waals surface area contributed by atoms with Gasteiger partial charge in [0.25, 0.3) is 0 Å². The zero-order valence-electron chi connectivity index (χ0n) is 21.4. The molecule has 3 heterocycles. The van der Waals surface area contributed by atoms with Crippen molar-refractivity contribution in [2.45, 2.75) is 82.3 Å². The van der Waals surface area contributed by atoms with Crippen LogP contribution < -0.4 is 10.8 Å². The number of fused-ring (bicyclic) bond motifs is 1. The second-order valence-electron chi connectivity index (χ2n) is 9.20. The highest BCUT2D eigenvalue weighted by molar-refractivity contribution is 7.50. The van der Waals surface area contributed by atoms with Crippen LogP contribution in [0.1, 0.15) is 58.1 Å². The van der Waals surface area contributed by atoms with E-state index in [0.29, 0.717) is 11.9 Å². The molecule has 2 aromatic rings. The number of carbonyl (C=O) groups is 1. The highest BCUT2D eigenvalue weighted by atomic mass is 31.2. The number of nitrogens with one attached hydrogen (secondary N) is 1. The molecule has 210 valence electrons. The number of anilines is 1. The average Bonchev–Trinajstić information content (AvgIpc) is 3.43. The fourth-order valence-corrected chi connectivity index (χ4v) is 5.26. The number of aromatic nitrogens is 3. The van der Waals surface area contributed by atoms with Gasteiger partial charge in [-0.05, 0) is 25.5 Å². The summed E-state index contributed by atoms with van der Waals surface area (Å²) >= 11 is 0. The summed E-state index contributed by atoms with van der Waals surface area (Å²) in [5.41, 5.74) is 4.17. The predicted molar refractivity (Wildman–Crippen MR) is 134 cm³/mol. The molecule has 1 fully saturated rings. The van der Waals surface area contributed by atoms with Gasteiger partial charge in [-0.15, -0.1) is 0 Å². The number of hydrogen-bond acceptors (Lipinski definition) is 11. The van der Waals surface area contributed by atoms with E-state index in [1.165, 1.54) is 30.0 Å². The Bertz CT molecular complexity index is 1190. The van der Waals surface area contributed by atoms with Crippen molar-refractivity contribution in [1.29, 1.82) is 5.26 Å². The molecule has 1 aliphatic heterocycles. The number of rotatable bonds is 14. The summed E-state index contributed by atoms with van der Waals surface area (Å²) in [5.74, 6) is -0.590. The maximum atomic E-state index is 12.5. The molecule has 0 bridgehead atoms. The highest BCUT2D eigenvalue weighted by Crippen LogP contribution is 2.43. The third-order valence-electron chi connectivity index (χ3n) is 6.35. The molecule has 6 atom stereocenters. The van der Waals surface area contributed by atoms with E-state index in [1.54, 1.807) is 0 Å². The summed E-state index contributed by atoms with van der Waals surface area (Å²) in [6.07, 6.45) is 2.50. The van der Waals surface area contributed by atoms with Crippen LogP contribution in [0.4, 0.5) is 5.82 Å². The van der Waals surface area contributed by atoms with Crippen molar-refractivity contribution in [3.05, 3.63) is 24.2 Å². The summed E-state index contributed by atoms with van der Waals surface area (Å²) in [6.45, 7) is 3.01. The van der Waals surface area contributed by atoms with Crippen molar-refractivity contribution in [1.82, 2.24) is 19.7 Å². The number of nitriles is 1. The third-order valence-corrected chi connectivity index (χ3v) is 7.57. The molecular formula is C23H35N6O8P. The molecule has 0 saturated carbocycles. The van der Waals surface area contributed by atoms with E-state index in [2.05, 4.69) is 22.1 Å². The number of nitrogens with two attached hydrogens (primary N) is 1. The van der Waals surface area contributed by atoms with Crippen LogP contribution in [0.25, 0.3) is 5.52 Å². The molecule has 15 heteroatoms. The Morgan fingerprint density at radius 2 is 2.05 bits per heavy atom. The van der Waals surface area contributed by atoms with Crippen molar-refractivity contribution in [3.8, 4) is 6.07 Å². The molecule has 0 aromatic carbocycles. The minimum absolute atomic E-state index is 0.0742. The fraction of sp³-hybridized carbons (Fsp3) is 0.652. The maximum absolute atomic E-state index is 12.5. The lowest BCUT2D eigenvalue weighted by Gasteiger charge is -2.24. The molecule has 1 unspecified atom stereocenters. The number of unbranched alkanes of at least 4 members (excludes halogenated alkanes) is 5. The van der Waals surface area contributed by atoms with Crippen molar-refractivity contribution < 1.29 is 38.5 Å². The second kappa shape index (κ2) is 12.9. The number of nitrogen functional groups attached to an aromatic ring is 1. The lowest BCUT2D eigenvalue weighted by Crippen LogP contribution is -2.41. The quantitative estimate of drug-likeness (QED) is 0.126. The van der Waals surface area contributed by atoms with Crippen LogP contribution in [0.5, 0.6) is 0 Å². The van der Waals surface area contributed by atoms with E-state index < -0.39 is 50.3 Å². The molecule has 0 spiro atoms. The van der Waals surface area contributed by atoms with Crippen LogP contribution in [0.15, 0.2) is 18.5 Å². The second-order valence-corrected chi connectivity index (χ2v) is 10.8. The van der Waals surface area contributed by atoms with Crippen LogP contribution in [0.3, 0.4) is 0 Å². The summed E-state index contributed by atoms with van der Waals surface area (Å²) in [6, 6.07) is 3.68. The number of carbonyl (C=O) groups excluding carboxylic acids is 1. The van der Waals surface area contributed by atoms with E-state index in [4.69, 9.17) is 19.7 Å². The zero-order valence-corrected chi connectivity index (χ0v) is 22.3. The van der Waals surface area contributed by atoms with Gasteiger partial charge in [0.2, 0.25) is 5.60 Å². The average molecular weight is 555 g/mol. The van der Waals surface area contributed by atoms with Crippen LogP contribution in [0.2, 0.25) is 0 Å². The van der Waals surface area contributed by atoms with Gasteiger partial charge in [-0.2, -0.15) is 10.4 Å². The van der Waals surface area contributed by atoms with E-state index >= 15 is 0 Å². The molecule has 1 aliphatic rings. The van der Waals surface area contributed by atoms with Crippen LogP contribution >= 0.6 is 7.75 Å². The molecule has 6 N–H and O–H groups in total. The molecule has 0 aliphatic carbocycles. The lowest BCUT2D eigenvalue weighted by atomic mass is 9.92. The number of nitrogens with zero attached hydrogens (tertiary/aromatic N) is 4. The first kappa shape index (κ1) is 29.9. The van der Waals surface area contributed by atoms with Crippen molar-refractivity contribution in [2.75, 3.05) is 18.9 Å². The SMILES string of the molecule is CCCCCCCCOC(=O)[C@H](C)NP(=O)(O)OC[C@H]1O[C@@](C#N)(c2ccc3c(N)ncnn23)[C@H](O)[C@@H]1O. The summed E-state index contributed by atoms with van der Waals surface area (Å²) in [7, 11) is -4.56. The van der Waals surface area contributed by atoms with Gasteiger partial charge >= 0.3 is 13.7 Å². The van der Waals surface area contributed by atoms with Gasteiger partial charge < -0.3 is 30.3 Å². The molecule has 0 amide bonds. The van der Waals surface area contributed by atoms with Crippen LogP contribution in [-0.4, -0.2) is 73.2 Å². The number of ether oxygens (including phenoxy) is 2. The Labute approximate surface area is 220 Å². The smallest absolute Gasteiger partial charge is 0.403 e.